The van der Waals surface area contributed by atoms with Gasteiger partial charge < -0.3 is 15.4 Å². The quantitative estimate of drug-likeness (QED) is 0.615. The van der Waals surface area contributed by atoms with Crippen molar-refractivity contribution in [2.45, 2.75) is 26.3 Å². The van der Waals surface area contributed by atoms with Gasteiger partial charge in [-0.1, -0.05) is 0 Å². The van der Waals surface area contributed by atoms with E-state index in [4.69, 9.17) is 0 Å². The number of carbonyl (C=O) groups excluding carboxylic acids is 3. The fourth-order valence-corrected chi connectivity index (χ4v) is 2.54. The second-order valence-electron chi connectivity index (χ2n) is 6.83. The van der Waals surface area contributed by atoms with E-state index in [1.807, 2.05) is 0 Å². The number of Topliss-reactive ketones (excluding diaryl/α,β-unsaturated/α-hetero) is 1. The monoisotopic (exact) mass is 437 g/mol. The van der Waals surface area contributed by atoms with Gasteiger partial charge in [-0.25, -0.2) is 0 Å². The van der Waals surface area contributed by atoms with Crippen LogP contribution in [0.5, 0.6) is 5.75 Å². The minimum atomic E-state index is -4.79. The predicted molar refractivity (Wildman–Crippen MR) is 109 cm³/mol. The van der Waals surface area contributed by atoms with Crippen LogP contribution in [0.15, 0.2) is 48.5 Å². The molecule has 2 N–H and O–H groups in total. The number of hydrogen-bond acceptors (Lipinski definition) is 5. The molecule has 0 fully saturated rings. The summed E-state index contributed by atoms with van der Waals surface area (Å²) in [5, 5.41) is 5.25. The maximum atomic E-state index is 12.4. The molecule has 1 atom stereocenters. The van der Waals surface area contributed by atoms with Gasteiger partial charge in [0.05, 0.1) is 12.6 Å². The van der Waals surface area contributed by atoms with E-state index < -0.39 is 24.1 Å². The molecule has 2 amide bonds. The smallest absolute Gasteiger partial charge is 0.406 e. The Morgan fingerprint density at radius 1 is 0.968 bits per heavy atom. The number of alkyl halides is 3. The summed E-state index contributed by atoms with van der Waals surface area (Å²) in [5.74, 6) is -1.28. The van der Waals surface area contributed by atoms with E-state index in [1.54, 1.807) is 38.2 Å². The highest BCUT2D eigenvalue weighted by atomic mass is 19.4. The van der Waals surface area contributed by atoms with E-state index in [0.717, 1.165) is 12.1 Å². The molecule has 0 saturated carbocycles. The second-order valence-corrected chi connectivity index (χ2v) is 6.83. The van der Waals surface area contributed by atoms with Crippen LogP contribution >= 0.6 is 0 Å². The van der Waals surface area contributed by atoms with Gasteiger partial charge in [-0.15, -0.1) is 13.2 Å². The van der Waals surface area contributed by atoms with E-state index in [0.29, 0.717) is 11.3 Å². The lowest BCUT2D eigenvalue weighted by Gasteiger charge is -2.23. The number of hydrogen-bond donors (Lipinski definition) is 2. The zero-order valence-electron chi connectivity index (χ0n) is 17.1. The average molecular weight is 437 g/mol. The Balaban J connectivity index is 1.86. The van der Waals surface area contributed by atoms with Crippen LogP contribution in [0.4, 0.5) is 24.5 Å². The number of carbonyl (C=O) groups is 3. The van der Waals surface area contributed by atoms with Crippen LogP contribution in [-0.4, -0.2) is 48.5 Å². The van der Waals surface area contributed by atoms with Crippen molar-refractivity contribution in [2.75, 3.05) is 24.2 Å². The highest BCUT2D eigenvalue weighted by Gasteiger charge is 2.31. The van der Waals surface area contributed by atoms with Gasteiger partial charge >= 0.3 is 6.36 Å². The van der Waals surface area contributed by atoms with Gasteiger partial charge in [0.2, 0.25) is 11.8 Å². The molecule has 0 radical (unpaired) electrons. The molecule has 0 bridgehead atoms. The fraction of sp³-hybridized carbons (Fsp3) is 0.286. The first-order valence-electron chi connectivity index (χ1n) is 9.22. The first kappa shape index (κ1) is 23.9. The summed E-state index contributed by atoms with van der Waals surface area (Å²) in [5.41, 5.74) is 1.33. The molecule has 7 nitrogen and oxygen atoms in total. The Morgan fingerprint density at radius 3 is 2.00 bits per heavy atom. The fourth-order valence-electron chi connectivity index (χ4n) is 2.54. The molecular formula is C21H22F3N3O4. The number of amides is 2. The Labute approximate surface area is 177 Å². The highest BCUT2D eigenvalue weighted by molar-refractivity contribution is 5.97. The predicted octanol–water partition coefficient (Wildman–Crippen LogP) is 3.69. The maximum absolute atomic E-state index is 12.4. The molecule has 0 unspecified atom stereocenters. The summed E-state index contributed by atoms with van der Waals surface area (Å²) >= 11 is 0. The summed E-state index contributed by atoms with van der Waals surface area (Å²) in [7, 11) is 1.59. The van der Waals surface area contributed by atoms with Crippen molar-refractivity contribution in [3.63, 3.8) is 0 Å². The van der Waals surface area contributed by atoms with Gasteiger partial charge in [-0.3, -0.25) is 19.3 Å². The van der Waals surface area contributed by atoms with E-state index in [1.165, 1.54) is 24.0 Å². The Bertz CT molecular complexity index is 928. The molecule has 166 valence electrons. The van der Waals surface area contributed by atoms with Crippen LogP contribution in [0.25, 0.3) is 0 Å². The topological polar surface area (TPSA) is 87.7 Å². The maximum Gasteiger partial charge on any atom is 0.573 e. The van der Waals surface area contributed by atoms with E-state index in [2.05, 4.69) is 15.4 Å². The molecule has 2 aromatic rings. The van der Waals surface area contributed by atoms with Crippen molar-refractivity contribution in [3.8, 4) is 5.75 Å². The van der Waals surface area contributed by atoms with Crippen molar-refractivity contribution < 1.29 is 32.3 Å². The minimum absolute atomic E-state index is 0.0838. The lowest BCUT2D eigenvalue weighted by molar-refractivity contribution is -0.274. The number of anilines is 2. The molecule has 0 aliphatic rings. The van der Waals surface area contributed by atoms with Gasteiger partial charge in [0.25, 0.3) is 0 Å². The van der Waals surface area contributed by atoms with Crippen molar-refractivity contribution in [1.82, 2.24) is 4.90 Å². The molecule has 2 aromatic carbocycles. The number of benzene rings is 2. The third kappa shape index (κ3) is 7.74. The van der Waals surface area contributed by atoms with Gasteiger partial charge in [-0.05, 0) is 69.4 Å². The Hall–Kier alpha value is -3.40. The zero-order valence-corrected chi connectivity index (χ0v) is 17.1. The largest absolute Gasteiger partial charge is 0.573 e. The van der Waals surface area contributed by atoms with E-state index in [-0.39, 0.29) is 23.9 Å². The summed E-state index contributed by atoms with van der Waals surface area (Å²) in [4.78, 5) is 37.4. The van der Waals surface area contributed by atoms with E-state index >= 15 is 0 Å². The van der Waals surface area contributed by atoms with Gasteiger partial charge in [0.1, 0.15) is 5.75 Å². The number of ketones is 1. The van der Waals surface area contributed by atoms with Crippen molar-refractivity contribution in [2.24, 2.45) is 0 Å². The average Bonchev–Trinajstić information content (AvgIpc) is 2.68. The Kier molecular flexibility index (Phi) is 7.76. The SMILES string of the molecule is CC(=O)c1ccc(NC(=O)[C@@H](C)N(C)CC(=O)Nc2ccc(OC(F)(F)F)cc2)cc1. The molecule has 0 aromatic heterocycles. The van der Waals surface area contributed by atoms with Crippen LogP contribution in [0.2, 0.25) is 0 Å². The Morgan fingerprint density at radius 2 is 1.48 bits per heavy atom. The zero-order chi connectivity index (χ0) is 23.2. The molecule has 0 heterocycles. The molecule has 0 saturated heterocycles. The lowest BCUT2D eigenvalue weighted by atomic mass is 10.1. The number of ether oxygens (including phenoxy) is 1. The molecule has 0 spiro atoms. The number of halogens is 3. The molecule has 10 heteroatoms. The molecule has 31 heavy (non-hydrogen) atoms. The van der Waals surface area contributed by atoms with Crippen LogP contribution in [0.1, 0.15) is 24.2 Å². The molecular weight excluding hydrogens is 415 g/mol. The van der Waals surface area contributed by atoms with Crippen LogP contribution in [0.3, 0.4) is 0 Å². The summed E-state index contributed by atoms with van der Waals surface area (Å²) in [6.07, 6.45) is -4.79. The van der Waals surface area contributed by atoms with Crippen molar-refractivity contribution in [3.05, 3.63) is 54.1 Å². The highest BCUT2D eigenvalue weighted by Crippen LogP contribution is 2.24. The minimum Gasteiger partial charge on any atom is -0.406 e. The third-order valence-electron chi connectivity index (χ3n) is 4.36. The van der Waals surface area contributed by atoms with Crippen LogP contribution in [-0.2, 0) is 9.59 Å². The normalized spacial score (nSPS) is 12.2. The molecule has 2 rings (SSSR count). The third-order valence-corrected chi connectivity index (χ3v) is 4.36. The standard InChI is InChI=1S/C21H22F3N3O4/c1-13(20(30)26-17-6-4-15(5-7-17)14(2)28)27(3)12-19(29)25-16-8-10-18(11-9-16)31-21(22,23)24/h4-11,13H,12H2,1-3H3,(H,25,29)(H,26,30)/t13-/m1/s1. The number of likely N-dealkylation sites (N-methyl/N-ethyl adjacent to an activating group) is 1. The first-order chi connectivity index (χ1) is 14.4. The summed E-state index contributed by atoms with van der Waals surface area (Å²) < 4.78 is 40.3. The second kappa shape index (κ2) is 10.1. The van der Waals surface area contributed by atoms with Gasteiger partial charge in [-0.2, -0.15) is 0 Å². The molecule has 0 aliphatic carbocycles. The number of nitrogens with one attached hydrogen (secondary N) is 2. The van der Waals surface area contributed by atoms with Gasteiger partial charge in [0, 0.05) is 16.9 Å². The van der Waals surface area contributed by atoms with E-state index in [9.17, 15) is 27.6 Å². The van der Waals surface area contributed by atoms with Crippen molar-refractivity contribution in [1.29, 1.82) is 0 Å². The lowest BCUT2D eigenvalue weighted by Crippen LogP contribution is -2.43. The van der Waals surface area contributed by atoms with Crippen molar-refractivity contribution >= 4 is 29.0 Å². The number of nitrogens with zero attached hydrogens (tertiary/aromatic N) is 1. The van der Waals surface area contributed by atoms with Gasteiger partial charge in [0.15, 0.2) is 5.78 Å². The molecule has 0 aliphatic heterocycles. The first-order valence-corrected chi connectivity index (χ1v) is 9.22. The van der Waals surface area contributed by atoms with Crippen LogP contribution < -0.4 is 15.4 Å². The number of rotatable bonds is 8. The summed E-state index contributed by atoms with van der Waals surface area (Å²) in [6.45, 7) is 2.94. The van der Waals surface area contributed by atoms with Crippen LogP contribution in [0, 0.1) is 0 Å². The summed E-state index contributed by atoms with van der Waals surface area (Å²) in [6, 6.07) is 10.5.